The molecule has 1 aromatic carbocycles. The smallest absolute Gasteiger partial charge is 0.253 e. The van der Waals surface area contributed by atoms with Gasteiger partial charge in [0, 0.05) is 18.7 Å². The van der Waals surface area contributed by atoms with Gasteiger partial charge in [0.05, 0.1) is 12.8 Å². The lowest BCUT2D eigenvalue weighted by Gasteiger charge is -2.23. The van der Waals surface area contributed by atoms with Gasteiger partial charge in [-0.3, -0.25) is 4.79 Å². The van der Waals surface area contributed by atoms with E-state index in [1.807, 2.05) is 11.8 Å². The zero-order chi connectivity index (χ0) is 13.7. The van der Waals surface area contributed by atoms with Crippen molar-refractivity contribution in [3.8, 4) is 5.75 Å². The molecule has 4 heteroatoms. The normalized spacial score (nSPS) is 10.5. The highest BCUT2D eigenvalue weighted by Crippen LogP contribution is 2.22. The maximum absolute atomic E-state index is 12.3. The number of nitrogens with two attached hydrogens (primary N) is 1. The number of methoxy groups -OCH3 is 1. The molecule has 0 bridgehead atoms. The van der Waals surface area contributed by atoms with Gasteiger partial charge in [0.2, 0.25) is 0 Å². The van der Waals surface area contributed by atoms with Crippen LogP contribution < -0.4 is 10.5 Å². The predicted molar refractivity (Wildman–Crippen MR) is 73.8 cm³/mol. The third kappa shape index (κ3) is 3.39. The largest absolute Gasteiger partial charge is 0.495 e. The van der Waals surface area contributed by atoms with E-state index in [0.29, 0.717) is 29.5 Å². The number of hydrogen-bond acceptors (Lipinski definition) is 3. The highest BCUT2D eigenvalue weighted by atomic mass is 16.5. The second-order valence-corrected chi connectivity index (χ2v) is 4.69. The predicted octanol–water partition coefficient (Wildman–Crippen LogP) is 2.40. The molecule has 0 aromatic heterocycles. The second kappa shape index (κ2) is 6.28. The lowest BCUT2D eigenvalue weighted by molar-refractivity contribution is 0.0746. The first-order chi connectivity index (χ1) is 8.49. The maximum atomic E-state index is 12.3. The van der Waals surface area contributed by atoms with Gasteiger partial charge in [-0.05, 0) is 31.0 Å². The minimum Gasteiger partial charge on any atom is -0.495 e. The van der Waals surface area contributed by atoms with Gasteiger partial charge in [-0.2, -0.15) is 0 Å². The molecule has 18 heavy (non-hydrogen) atoms. The molecule has 0 saturated heterocycles. The first kappa shape index (κ1) is 14.4. The van der Waals surface area contributed by atoms with Crippen molar-refractivity contribution in [2.75, 3.05) is 25.9 Å². The third-order valence-electron chi connectivity index (χ3n) is 2.73. The summed E-state index contributed by atoms with van der Waals surface area (Å²) in [4.78, 5) is 14.1. The molecule has 4 nitrogen and oxygen atoms in total. The summed E-state index contributed by atoms with van der Waals surface area (Å²) >= 11 is 0. The molecule has 0 aliphatic heterocycles. The van der Waals surface area contributed by atoms with E-state index in [4.69, 9.17) is 10.5 Å². The number of rotatable bonds is 5. The number of carbonyl (C=O) groups is 1. The Labute approximate surface area is 109 Å². The molecule has 0 unspecified atom stereocenters. The number of ether oxygens (including phenoxy) is 1. The minimum absolute atomic E-state index is 0.0144. The van der Waals surface area contributed by atoms with Crippen molar-refractivity contribution in [3.63, 3.8) is 0 Å². The van der Waals surface area contributed by atoms with Crippen LogP contribution in [0, 0.1) is 5.92 Å². The number of amides is 1. The van der Waals surface area contributed by atoms with Crippen LogP contribution in [0.5, 0.6) is 5.75 Å². The molecule has 0 heterocycles. The van der Waals surface area contributed by atoms with Crippen LogP contribution >= 0.6 is 0 Å². The van der Waals surface area contributed by atoms with Crippen molar-refractivity contribution >= 4 is 11.6 Å². The van der Waals surface area contributed by atoms with Gasteiger partial charge in [-0.25, -0.2) is 0 Å². The Morgan fingerprint density at radius 3 is 2.56 bits per heavy atom. The topological polar surface area (TPSA) is 55.6 Å². The molecule has 100 valence electrons. The average Bonchev–Trinajstić information content (AvgIpc) is 2.34. The number of anilines is 1. The molecule has 0 saturated carbocycles. The fourth-order valence-electron chi connectivity index (χ4n) is 1.85. The molecule has 1 aromatic rings. The molecular formula is C14H22N2O2. The Balaban J connectivity index is 2.91. The SMILES string of the molecule is CCN(CC(C)C)C(=O)c1ccc(OC)c(N)c1. The van der Waals surface area contributed by atoms with E-state index in [9.17, 15) is 4.79 Å². The van der Waals surface area contributed by atoms with Crippen LogP contribution in [0.15, 0.2) is 18.2 Å². The first-order valence-electron chi connectivity index (χ1n) is 6.22. The average molecular weight is 250 g/mol. The summed E-state index contributed by atoms with van der Waals surface area (Å²) < 4.78 is 5.08. The Hall–Kier alpha value is -1.71. The van der Waals surface area contributed by atoms with E-state index < -0.39 is 0 Å². The lowest BCUT2D eigenvalue weighted by atomic mass is 10.1. The maximum Gasteiger partial charge on any atom is 0.253 e. The Bertz CT molecular complexity index is 416. The molecule has 0 aliphatic rings. The number of benzene rings is 1. The number of carbonyl (C=O) groups excluding carboxylic acids is 1. The first-order valence-corrected chi connectivity index (χ1v) is 6.22. The number of nitrogens with zero attached hydrogens (tertiary/aromatic N) is 1. The van der Waals surface area contributed by atoms with E-state index in [-0.39, 0.29) is 5.91 Å². The van der Waals surface area contributed by atoms with Crippen LogP contribution in [0.4, 0.5) is 5.69 Å². The van der Waals surface area contributed by atoms with E-state index in [1.165, 1.54) is 0 Å². The van der Waals surface area contributed by atoms with Gasteiger partial charge in [-0.15, -0.1) is 0 Å². The molecule has 0 spiro atoms. The van der Waals surface area contributed by atoms with Gasteiger partial charge < -0.3 is 15.4 Å². The fourth-order valence-corrected chi connectivity index (χ4v) is 1.85. The zero-order valence-electron chi connectivity index (χ0n) is 11.6. The second-order valence-electron chi connectivity index (χ2n) is 4.69. The van der Waals surface area contributed by atoms with Gasteiger partial charge in [0.15, 0.2) is 0 Å². The van der Waals surface area contributed by atoms with Crippen molar-refractivity contribution in [3.05, 3.63) is 23.8 Å². The number of nitrogen functional groups attached to an aromatic ring is 1. The minimum atomic E-state index is 0.0144. The summed E-state index contributed by atoms with van der Waals surface area (Å²) in [5, 5.41) is 0. The monoisotopic (exact) mass is 250 g/mol. The van der Waals surface area contributed by atoms with Gasteiger partial charge in [0.25, 0.3) is 5.91 Å². The van der Waals surface area contributed by atoms with Crippen LogP contribution in [0.3, 0.4) is 0 Å². The summed E-state index contributed by atoms with van der Waals surface area (Å²) in [5.41, 5.74) is 6.91. The highest BCUT2D eigenvalue weighted by Gasteiger charge is 2.16. The van der Waals surface area contributed by atoms with E-state index in [0.717, 1.165) is 6.54 Å². The molecule has 1 rings (SSSR count). The summed E-state index contributed by atoms with van der Waals surface area (Å²) in [6.45, 7) is 7.62. The molecule has 0 atom stereocenters. The third-order valence-corrected chi connectivity index (χ3v) is 2.73. The fraction of sp³-hybridized carbons (Fsp3) is 0.500. The van der Waals surface area contributed by atoms with Crippen molar-refractivity contribution in [1.82, 2.24) is 4.90 Å². The van der Waals surface area contributed by atoms with Gasteiger partial charge in [0.1, 0.15) is 5.75 Å². The van der Waals surface area contributed by atoms with Crippen molar-refractivity contribution in [2.24, 2.45) is 5.92 Å². The molecule has 2 N–H and O–H groups in total. The van der Waals surface area contributed by atoms with Crippen molar-refractivity contribution in [1.29, 1.82) is 0 Å². The van der Waals surface area contributed by atoms with E-state index >= 15 is 0 Å². The van der Waals surface area contributed by atoms with E-state index in [2.05, 4.69) is 13.8 Å². The van der Waals surface area contributed by atoms with Crippen molar-refractivity contribution in [2.45, 2.75) is 20.8 Å². The zero-order valence-corrected chi connectivity index (χ0v) is 11.6. The highest BCUT2D eigenvalue weighted by molar-refractivity contribution is 5.95. The summed E-state index contributed by atoms with van der Waals surface area (Å²) in [5.74, 6) is 1.06. The number of hydrogen-bond donors (Lipinski definition) is 1. The molecule has 0 fully saturated rings. The lowest BCUT2D eigenvalue weighted by Crippen LogP contribution is -2.34. The Kier molecular flexibility index (Phi) is 5.01. The van der Waals surface area contributed by atoms with Crippen molar-refractivity contribution < 1.29 is 9.53 Å². The van der Waals surface area contributed by atoms with Gasteiger partial charge >= 0.3 is 0 Å². The Morgan fingerprint density at radius 1 is 1.44 bits per heavy atom. The van der Waals surface area contributed by atoms with E-state index in [1.54, 1.807) is 25.3 Å². The Morgan fingerprint density at radius 2 is 2.11 bits per heavy atom. The van der Waals surface area contributed by atoms with Gasteiger partial charge in [-0.1, -0.05) is 13.8 Å². The van der Waals surface area contributed by atoms with Crippen LogP contribution in [0.25, 0.3) is 0 Å². The van der Waals surface area contributed by atoms with Crippen LogP contribution in [0.2, 0.25) is 0 Å². The molecular weight excluding hydrogens is 228 g/mol. The molecule has 0 radical (unpaired) electrons. The standard InChI is InChI=1S/C14H22N2O2/c1-5-16(9-10(2)3)14(17)11-6-7-13(18-4)12(15)8-11/h6-8,10H,5,9,15H2,1-4H3. The molecule has 1 amide bonds. The van der Waals surface area contributed by atoms with Crippen LogP contribution in [0.1, 0.15) is 31.1 Å². The summed E-state index contributed by atoms with van der Waals surface area (Å²) in [7, 11) is 1.56. The summed E-state index contributed by atoms with van der Waals surface area (Å²) in [6, 6.07) is 5.15. The van der Waals surface area contributed by atoms with Crippen LogP contribution in [-0.2, 0) is 0 Å². The summed E-state index contributed by atoms with van der Waals surface area (Å²) in [6.07, 6.45) is 0. The quantitative estimate of drug-likeness (QED) is 0.816. The molecule has 0 aliphatic carbocycles. The van der Waals surface area contributed by atoms with Crippen LogP contribution in [-0.4, -0.2) is 31.0 Å².